The van der Waals surface area contributed by atoms with Crippen LogP contribution in [-0.4, -0.2) is 38.5 Å². The van der Waals surface area contributed by atoms with Gasteiger partial charge in [-0.25, -0.2) is 0 Å². The van der Waals surface area contributed by atoms with Crippen molar-refractivity contribution in [2.75, 3.05) is 11.9 Å². The molecule has 1 atom stereocenters. The van der Waals surface area contributed by atoms with E-state index in [1.54, 1.807) is 36.4 Å². The molecule has 1 heterocycles. The van der Waals surface area contributed by atoms with E-state index in [1.165, 1.54) is 23.1 Å². The van der Waals surface area contributed by atoms with Crippen LogP contribution in [0.1, 0.15) is 17.2 Å². The van der Waals surface area contributed by atoms with E-state index in [4.69, 9.17) is 0 Å². The minimum atomic E-state index is -0.900. The average molecular weight is 431 g/mol. The Labute approximate surface area is 163 Å². The maximum absolute atomic E-state index is 12.6. The lowest BCUT2D eigenvalue weighted by Crippen LogP contribution is -2.31. The van der Waals surface area contributed by atoms with Crippen LogP contribution in [0.25, 0.3) is 5.76 Å². The molecule has 1 aliphatic rings. The first-order valence-electron chi connectivity index (χ1n) is 8.10. The number of likely N-dealkylation sites (tertiary alicyclic amines) is 1. The Morgan fingerprint density at radius 1 is 1.15 bits per heavy atom. The molecule has 2 aromatic rings. The zero-order valence-corrected chi connectivity index (χ0v) is 15.6. The fraction of sp³-hybridized carbons (Fsp3) is 0.158. The number of aliphatic hydroxyl groups excluding tert-OH is 1. The molecule has 2 aromatic carbocycles. The summed E-state index contributed by atoms with van der Waals surface area (Å²) < 4.78 is 0. The number of benzene rings is 2. The van der Waals surface area contributed by atoms with Gasteiger partial charge in [0.1, 0.15) is 5.76 Å². The van der Waals surface area contributed by atoms with Crippen molar-refractivity contribution in [3.05, 3.63) is 81.4 Å². The molecule has 0 saturated carbocycles. The number of hydrogen-bond acceptors (Lipinski definition) is 5. The van der Waals surface area contributed by atoms with Crippen molar-refractivity contribution < 1.29 is 19.6 Å². The Hall–Kier alpha value is -3.00. The third kappa shape index (κ3) is 3.48. The van der Waals surface area contributed by atoms with Gasteiger partial charge in [0.2, 0.25) is 0 Å². The van der Waals surface area contributed by atoms with Crippen LogP contribution in [0.2, 0.25) is 0 Å². The maximum atomic E-state index is 12.6. The number of nitrogens with zero attached hydrogens (tertiary/aromatic N) is 2. The molecule has 1 aliphatic heterocycles. The summed E-state index contributed by atoms with van der Waals surface area (Å²) in [6.45, 7) is 0.212. The highest BCUT2D eigenvalue weighted by Crippen LogP contribution is 2.40. The van der Waals surface area contributed by atoms with Crippen LogP contribution in [0.5, 0.6) is 0 Å². The van der Waals surface area contributed by atoms with Gasteiger partial charge in [0.25, 0.3) is 17.4 Å². The number of nitro benzene ring substituents is 1. The predicted molar refractivity (Wildman–Crippen MR) is 102 cm³/mol. The normalized spacial score (nSPS) is 18.7. The Kier molecular flexibility index (Phi) is 5.36. The monoisotopic (exact) mass is 430 g/mol. The van der Waals surface area contributed by atoms with Crippen molar-refractivity contribution in [3.63, 3.8) is 0 Å². The van der Waals surface area contributed by atoms with Gasteiger partial charge in [0, 0.05) is 29.6 Å². The molecule has 0 radical (unpaired) electrons. The zero-order chi connectivity index (χ0) is 19.6. The van der Waals surface area contributed by atoms with Crippen molar-refractivity contribution in [2.24, 2.45) is 0 Å². The van der Waals surface area contributed by atoms with Crippen molar-refractivity contribution in [1.29, 1.82) is 0 Å². The Morgan fingerprint density at radius 2 is 1.85 bits per heavy atom. The lowest BCUT2D eigenvalue weighted by molar-refractivity contribution is -0.384. The van der Waals surface area contributed by atoms with Crippen LogP contribution in [-0.2, 0) is 9.59 Å². The summed E-state index contributed by atoms with van der Waals surface area (Å²) in [6.07, 6.45) is 0. The summed E-state index contributed by atoms with van der Waals surface area (Å²) in [7, 11) is 0. The fourth-order valence-corrected chi connectivity index (χ4v) is 3.49. The zero-order valence-electron chi connectivity index (χ0n) is 14.0. The first kappa shape index (κ1) is 18.8. The molecule has 138 valence electrons. The van der Waals surface area contributed by atoms with Gasteiger partial charge in [-0.3, -0.25) is 19.7 Å². The molecular formula is C19H15BrN2O5. The van der Waals surface area contributed by atoms with E-state index >= 15 is 0 Å². The number of amides is 1. The van der Waals surface area contributed by atoms with E-state index in [9.17, 15) is 24.8 Å². The van der Waals surface area contributed by atoms with Crippen LogP contribution in [0.4, 0.5) is 5.69 Å². The highest BCUT2D eigenvalue weighted by Gasteiger charge is 2.46. The van der Waals surface area contributed by atoms with Gasteiger partial charge in [-0.15, -0.1) is 0 Å². The molecule has 27 heavy (non-hydrogen) atoms. The quantitative estimate of drug-likeness (QED) is 0.195. The molecule has 1 fully saturated rings. The molecular weight excluding hydrogens is 416 g/mol. The summed E-state index contributed by atoms with van der Waals surface area (Å²) >= 11 is 3.25. The third-order valence-electron chi connectivity index (χ3n) is 4.31. The smallest absolute Gasteiger partial charge is 0.295 e. The van der Waals surface area contributed by atoms with Crippen LogP contribution < -0.4 is 0 Å². The summed E-state index contributed by atoms with van der Waals surface area (Å²) in [6, 6.07) is 13.2. The predicted octanol–water partition coefficient (Wildman–Crippen LogP) is 3.41. The Balaban J connectivity index is 2.21. The molecule has 0 aromatic heterocycles. The van der Waals surface area contributed by atoms with E-state index in [1.807, 2.05) is 0 Å². The highest BCUT2D eigenvalue weighted by molar-refractivity contribution is 9.09. The second kappa shape index (κ2) is 7.71. The van der Waals surface area contributed by atoms with Crippen molar-refractivity contribution in [3.8, 4) is 0 Å². The van der Waals surface area contributed by atoms with Gasteiger partial charge in [-0.05, 0) is 5.56 Å². The molecule has 8 heteroatoms. The summed E-state index contributed by atoms with van der Waals surface area (Å²) in [5, 5.41) is 22.3. The van der Waals surface area contributed by atoms with E-state index in [-0.39, 0.29) is 23.6 Å². The first-order valence-corrected chi connectivity index (χ1v) is 9.22. The maximum Gasteiger partial charge on any atom is 0.295 e. The van der Waals surface area contributed by atoms with Gasteiger partial charge < -0.3 is 10.0 Å². The number of carbonyl (C=O) groups is 2. The molecule has 3 rings (SSSR count). The lowest BCUT2D eigenvalue weighted by atomic mass is 9.95. The minimum Gasteiger partial charge on any atom is -0.507 e. The number of ketones is 1. The largest absolute Gasteiger partial charge is 0.507 e. The Morgan fingerprint density at radius 3 is 2.48 bits per heavy atom. The van der Waals surface area contributed by atoms with Crippen LogP contribution >= 0.6 is 15.9 Å². The number of rotatable bonds is 5. The van der Waals surface area contributed by atoms with E-state index < -0.39 is 22.7 Å². The summed E-state index contributed by atoms with van der Waals surface area (Å²) in [4.78, 5) is 37.1. The van der Waals surface area contributed by atoms with Gasteiger partial charge in [0.05, 0.1) is 16.5 Å². The first-order chi connectivity index (χ1) is 13.0. The molecule has 7 nitrogen and oxygen atoms in total. The number of halogens is 1. The number of hydrogen-bond donors (Lipinski definition) is 1. The van der Waals surface area contributed by atoms with Crippen LogP contribution in [0.15, 0.2) is 60.2 Å². The SMILES string of the molecule is O=C1C(=O)N(CCBr)[C@H](c2cccc([N+](=O)[O-])c2)C1=C(O)c1ccccc1. The van der Waals surface area contributed by atoms with Crippen molar-refractivity contribution in [2.45, 2.75) is 6.04 Å². The van der Waals surface area contributed by atoms with Crippen LogP contribution in [0.3, 0.4) is 0 Å². The topological polar surface area (TPSA) is 101 Å². The number of aliphatic hydroxyl groups is 1. The molecule has 0 spiro atoms. The third-order valence-corrected chi connectivity index (χ3v) is 4.66. The number of alkyl halides is 1. The molecule has 0 aliphatic carbocycles. The van der Waals surface area contributed by atoms with Crippen molar-refractivity contribution in [1.82, 2.24) is 4.90 Å². The molecule has 1 saturated heterocycles. The van der Waals surface area contributed by atoms with Crippen LogP contribution in [0, 0.1) is 10.1 Å². The fourth-order valence-electron chi connectivity index (χ4n) is 3.11. The summed E-state index contributed by atoms with van der Waals surface area (Å²) in [5.41, 5.74) is 0.552. The van der Waals surface area contributed by atoms with Crippen molar-refractivity contribution >= 4 is 39.1 Å². The highest BCUT2D eigenvalue weighted by atomic mass is 79.9. The molecule has 1 amide bonds. The van der Waals surface area contributed by atoms with Gasteiger partial charge in [-0.1, -0.05) is 58.4 Å². The Bertz CT molecular complexity index is 942. The van der Waals surface area contributed by atoms with Gasteiger partial charge in [-0.2, -0.15) is 0 Å². The second-order valence-electron chi connectivity index (χ2n) is 5.90. The van der Waals surface area contributed by atoms with E-state index in [0.29, 0.717) is 16.5 Å². The van der Waals surface area contributed by atoms with E-state index in [2.05, 4.69) is 15.9 Å². The minimum absolute atomic E-state index is 0.0763. The number of Topliss-reactive ketones (excluding diaryl/α,β-unsaturated/α-hetero) is 1. The number of non-ortho nitro benzene ring substituents is 1. The standard InChI is InChI=1S/C19H15BrN2O5/c20-9-10-21-16(13-7-4-8-14(11-13)22(26)27)15(18(24)19(21)25)17(23)12-5-2-1-3-6-12/h1-8,11,16,23H,9-10H2/t16-/m1/s1. The van der Waals surface area contributed by atoms with Gasteiger partial charge in [0.15, 0.2) is 0 Å². The second-order valence-corrected chi connectivity index (χ2v) is 6.69. The number of nitro groups is 1. The molecule has 1 N–H and O–H groups in total. The lowest BCUT2D eigenvalue weighted by Gasteiger charge is -2.24. The molecule has 0 bridgehead atoms. The van der Waals surface area contributed by atoms with E-state index in [0.717, 1.165) is 0 Å². The average Bonchev–Trinajstić information content (AvgIpc) is 2.93. The summed E-state index contributed by atoms with van der Waals surface area (Å²) in [5.74, 6) is -1.86. The molecule has 0 unspecified atom stereocenters. The van der Waals surface area contributed by atoms with Gasteiger partial charge >= 0.3 is 0 Å². The number of carbonyl (C=O) groups excluding carboxylic acids is 2.